The molecule has 1 aromatic rings. The lowest BCUT2D eigenvalue weighted by molar-refractivity contribution is -0.267. The summed E-state index contributed by atoms with van der Waals surface area (Å²) in [4.78, 5) is 9.61. The molecule has 11 heteroatoms. The Morgan fingerprint density at radius 1 is 1.13 bits per heavy atom. The van der Waals surface area contributed by atoms with Crippen LogP contribution in [0.5, 0.6) is 5.75 Å². The number of phosphoric ester groups is 1. The van der Waals surface area contributed by atoms with E-state index < -0.39 is 44.8 Å². The summed E-state index contributed by atoms with van der Waals surface area (Å²) in [5, 5.41) is 38.6. The maximum Gasteiger partial charge on any atom is 0.529 e. The first kappa shape index (κ1) is 18.3. The van der Waals surface area contributed by atoms with Crippen LogP contribution in [-0.4, -0.2) is 62.3 Å². The minimum Gasteiger partial charge on any atom is -0.404 e. The highest BCUT2D eigenvalue weighted by molar-refractivity contribution is 7.47. The van der Waals surface area contributed by atoms with Gasteiger partial charge in [-0.15, -0.1) is 0 Å². The summed E-state index contributed by atoms with van der Waals surface area (Å²) in [6.45, 7) is 0. The van der Waals surface area contributed by atoms with Crippen molar-refractivity contribution in [2.45, 2.75) is 36.9 Å². The molecule has 0 aliphatic carbocycles. The van der Waals surface area contributed by atoms with Gasteiger partial charge < -0.3 is 35.4 Å². The lowest BCUT2D eigenvalue weighted by atomic mass is 9.98. The fraction of sp³-hybridized carbons (Fsp3) is 0.500. The third kappa shape index (κ3) is 4.48. The zero-order valence-electron chi connectivity index (χ0n) is 11.7. The maximum absolute atomic E-state index is 11.8. The summed E-state index contributed by atoms with van der Waals surface area (Å²) in [7, 11) is -4.74. The molecule has 0 aromatic heterocycles. The van der Waals surface area contributed by atoms with Crippen molar-refractivity contribution in [3.05, 3.63) is 30.3 Å². The quantitative estimate of drug-likeness (QED) is 0.264. The summed E-state index contributed by atoms with van der Waals surface area (Å²) in [5.41, 5.74) is 5.37. The van der Waals surface area contributed by atoms with E-state index in [1.807, 2.05) is 0 Å². The van der Waals surface area contributed by atoms with E-state index >= 15 is 0 Å². The predicted molar refractivity (Wildman–Crippen MR) is 74.9 cm³/mol. The molecule has 2 rings (SSSR count). The number of hydrogen-bond acceptors (Lipinski definition) is 9. The van der Waals surface area contributed by atoms with Gasteiger partial charge in [0.25, 0.3) is 0 Å². The number of para-hydroxylation sites is 1. The molecule has 0 spiro atoms. The van der Waals surface area contributed by atoms with Crippen LogP contribution in [0.4, 0.5) is 0 Å². The molecule has 0 saturated carbocycles. The molecule has 1 aromatic carbocycles. The molecule has 7 atom stereocenters. The Balaban J connectivity index is 2.02. The average molecular weight is 351 g/mol. The largest absolute Gasteiger partial charge is 0.529 e. The van der Waals surface area contributed by atoms with E-state index in [2.05, 4.69) is 4.52 Å². The van der Waals surface area contributed by atoms with Crippen molar-refractivity contribution in [2.24, 2.45) is 5.73 Å². The molecule has 0 amide bonds. The number of nitrogens with two attached hydrogens (primary N) is 1. The van der Waals surface area contributed by atoms with Crippen LogP contribution in [0.1, 0.15) is 0 Å². The Hall–Kier alpha value is -1.07. The summed E-state index contributed by atoms with van der Waals surface area (Å²) in [5.74, 6) is 0.0165. The number of aliphatic hydroxyl groups is 4. The van der Waals surface area contributed by atoms with E-state index in [4.69, 9.17) is 15.0 Å². The van der Waals surface area contributed by atoms with Crippen molar-refractivity contribution >= 4 is 7.82 Å². The van der Waals surface area contributed by atoms with Crippen LogP contribution < -0.4 is 10.3 Å². The summed E-state index contributed by atoms with van der Waals surface area (Å²) in [6.07, 6.45) is -10.3. The monoisotopic (exact) mass is 351 g/mol. The number of aliphatic hydroxyl groups excluding tert-OH is 4. The number of hydrogen-bond donors (Lipinski definition) is 6. The first-order valence-corrected chi connectivity index (χ1v) is 8.10. The SMILES string of the molecule is NC1O[C@H](C(O)OP(=O)(O)Oc2ccccc2)[C@@H](O)[C@H](O)[C@H]1O. The van der Waals surface area contributed by atoms with Gasteiger partial charge in [0.15, 0.2) is 6.29 Å². The minimum atomic E-state index is -4.74. The third-order valence-electron chi connectivity index (χ3n) is 3.17. The average Bonchev–Trinajstić information content (AvgIpc) is 2.48. The standard InChI is InChI=1S/C12H18NO9P/c13-11-9(16)7(14)8(15)10(20-11)12(17)22-23(18,19)21-6-4-2-1-3-5-6/h1-5,7-12,14-17H,13H2,(H,18,19)/t7-,8-,9+,10-,11?,12?/m0/s1. The molecule has 7 N–H and O–H groups in total. The Labute approximate surface area is 131 Å². The zero-order valence-corrected chi connectivity index (χ0v) is 12.6. The molecule has 130 valence electrons. The third-order valence-corrected chi connectivity index (χ3v) is 4.10. The topological polar surface area (TPSA) is 172 Å². The first-order chi connectivity index (χ1) is 10.7. The summed E-state index contributed by atoms with van der Waals surface area (Å²) < 4.78 is 26.0. The maximum atomic E-state index is 11.8. The van der Waals surface area contributed by atoms with Crippen molar-refractivity contribution in [1.82, 2.24) is 0 Å². The number of rotatable bonds is 5. The van der Waals surface area contributed by atoms with E-state index in [1.54, 1.807) is 18.2 Å². The molecular weight excluding hydrogens is 333 g/mol. The van der Waals surface area contributed by atoms with Gasteiger partial charge in [0.1, 0.15) is 36.4 Å². The summed E-state index contributed by atoms with van der Waals surface area (Å²) in [6, 6.07) is 7.54. The van der Waals surface area contributed by atoms with Gasteiger partial charge >= 0.3 is 7.82 Å². The number of phosphoric acid groups is 1. The molecule has 1 aliphatic heterocycles. The van der Waals surface area contributed by atoms with Gasteiger partial charge in [0.2, 0.25) is 0 Å². The Bertz CT molecular complexity index is 559. The molecular formula is C12H18NO9P. The van der Waals surface area contributed by atoms with Gasteiger partial charge in [-0.2, -0.15) is 0 Å². The highest BCUT2D eigenvalue weighted by Gasteiger charge is 2.47. The molecule has 1 heterocycles. The second kappa shape index (κ2) is 7.22. The van der Waals surface area contributed by atoms with Crippen molar-refractivity contribution in [2.75, 3.05) is 0 Å². The van der Waals surface area contributed by atoms with Crippen molar-refractivity contribution in [1.29, 1.82) is 0 Å². The van der Waals surface area contributed by atoms with Gasteiger partial charge in [-0.3, -0.25) is 4.89 Å². The molecule has 0 radical (unpaired) electrons. The molecule has 1 saturated heterocycles. The normalized spacial score (nSPS) is 35.3. The van der Waals surface area contributed by atoms with Gasteiger partial charge in [-0.25, -0.2) is 9.09 Å². The van der Waals surface area contributed by atoms with E-state index in [0.29, 0.717) is 0 Å². The van der Waals surface area contributed by atoms with E-state index in [-0.39, 0.29) is 5.75 Å². The van der Waals surface area contributed by atoms with Crippen LogP contribution in [0.15, 0.2) is 30.3 Å². The second-order valence-corrected chi connectivity index (χ2v) is 6.24. The van der Waals surface area contributed by atoms with Crippen LogP contribution in [-0.2, 0) is 13.8 Å². The molecule has 1 fully saturated rings. The highest BCUT2D eigenvalue weighted by atomic mass is 31.2. The lowest BCUT2D eigenvalue weighted by Gasteiger charge is -2.40. The van der Waals surface area contributed by atoms with Crippen molar-refractivity contribution in [3.8, 4) is 5.75 Å². The first-order valence-electron chi connectivity index (χ1n) is 6.60. The Morgan fingerprint density at radius 2 is 1.74 bits per heavy atom. The van der Waals surface area contributed by atoms with Crippen LogP contribution in [0.2, 0.25) is 0 Å². The Morgan fingerprint density at radius 3 is 2.35 bits per heavy atom. The van der Waals surface area contributed by atoms with Gasteiger partial charge in [-0.1, -0.05) is 18.2 Å². The molecule has 10 nitrogen and oxygen atoms in total. The summed E-state index contributed by atoms with van der Waals surface area (Å²) >= 11 is 0. The van der Waals surface area contributed by atoms with Crippen LogP contribution in [0, 0.1) is 0 Å². The van der Waals surface area contributed by atoms with Gasteiger partial charge in [0, 0.05) is 0 Å². The molecule has 23 heavy (non-hydrogen) atoms. The van der Waals surface area contributed by atoms with Gasteiger partial charge in [-0.05, 0) is 12.1 Å². The van der Waals surface area contributed by atoms with Crippen LogP contribution >= 0.6 is 7.82 Å². The highest BCUT2D eigenvalue weighted by Crippen LogP contribution is 2.45. The fourth-order valence-electron chi connectivity index (χ4n) is 2.00. The van der Waals surface area contributed by atoms with Crippen LogP contribution in [0.3, 0.4) is 0 Å². The van der Waals surface area contributed by atoms with E-state index in [0.717, 1.165) is 0 Å². The molecule has 0 bridgehead atoms. The zero-order chi connectivity index (χ0) is 17.2. The lowest BCUT2D eigenvalue weighted by Crippen LogP contribution is -2.63. The van der Waals surface area contributed by atoms with E-state index in [1.165, 1.54) is 12.1 Å². The smallest absolute Gasteiger partial charge is 0.404 e. The molecule has 3 unspecified atom stereocenters. The van der Waals surface area contributed by atoms with Crippen molar-refractivity contribution < 1.29 is 43.7 Å². The number of benzene rings is 1. The second-order valence-electron chi connectivity index (χ2n) is 4.91. The van der Waals surface area contributed by atoms with Gasteiger partial charge in [0.05, 0.1) is 0 Å². The number of ether oxygens (including phenoxy) is 1. The Kier molecular flexibility index (Phi) is 5.74. The predicted octanol–water partition coefficient (Wildman–Crippen LogP) is -1.73. The molecule has 1 aliphatic rings. The van der Waals surface area contributed by atoms with Crippen LogP contribution in [0.25, 0.3) is 0 Å². The fourth-order valence-corrected chi connectivity index (χ4v) is 2.83. The van der Waals surface area contributed by atoms with E-state index in [9.17, 15) is 29.9 Å². The van der Waals surface area contributed by atoms with Crippen molar-refractivity contribution in [3.63, 3.8) is 0 Å². The minimum absolute atomic E-state index is 0.0165.